The van der Waals surface area contributed by atoms with E-state index in [1.165, 1.54) is 20.8 Å². The number of carbonyl (C=O) groups excluding carboxylic acids is 3. The van der Waals surface area contributed by atoms with Crippen LogP contribution in [0.2, 0.25) is 5.02 Å². The van der Waals surface area contributed by atoms with Gasteiger partial charge in [0.05, 0.1) is 29.5 Å². The number of ether oxygens (including phenoxy) is 2. The van der Waals surface area contributed by atoms with Crippen molar-refractivity contribution < 1.29 is 37.0 Å². The molecule has 13 heteroatoms. The van der Waals surface area contributed by atoms with Crippen molar-refractivity contribution in [3.63, 3.8) is 0 Å². The van der Waals surface area contributed by atoms with Crippen LogP contribution in [0.25, 0.3) is 0 Å². The summed E-state index contributed by atoms with van der Waals surface area (Å²) in [6.07, 6.45) is -4.79. The van der Waals surface area contributed by atoms with Gasteiger partial charge in [-0.25, -0.2) is 9.59 Å². The summed E-state index contributed by atoms with van der Waals surface area (Å²) in [6.45, 7) is 7.48. The third kappa shape index (κ3) is 5.07. The molecular formula is C19H21ClF3N3O5S. The largest absolute Gasteiger partial charge is 0.462 e. The second kappa shape index (κ2) is 9.90. The highest BCUT2D eigenvalue weighted by atomic mass is 35.5. The molecule has 176 valence electrons. The first-order valence-corrected chi connectivity index (χ1v) is 10.6. The van der Waals surface area contributed by atoms with Gasteiger partial charge in [-0.2, -0.15) is 18.3 Å². The molecule has 0 spiro atoms. The normalized spacial score (nSPS) is 12.4. The summed E-state index contributed by atoms with van der Waals surface area (Å²) in [7, 11) is 0. The first-order valence-electron chi connectivity index (χ1n) is 9.45. The molecule has 1 unspecified atom stereocenters. The van der Waals surface area contributed by atoms with Crippen molar-refractivity contribution in [3.05, 3.63) is 32.4 Å². The van der Waals surface area contributed by atoms with Crippen LogP contribution in [0.1, 0.15) is 63.8 Å². The van der Waals surface area contributed by atoms with E-state index in [2.05, 4.69) is 10.4 Å². The van der Waals surface area contributed by atoms with Crippen molar-refractivity contribution in [1.29, 1.82) is 0 Å². The van der Waals surface area contributed by atoms with Gasteiger partial charge >= 0.3 is 18.1 Å². The third-order valence-electron chi connectivity index (χ3n) is 4.42. The first-order chi connectivity index (χ1) is 14.8. The number of nitrogens with zero attached hydrogens (tertiary/aromatic N) is 2. The van der Waals surface area contributed by atoms with Crippen LogP contribution in [-0.4, -0.2) is 40.8 Å². The number of amides is 1. The number of hydrogen-bond donors (Lipinski definition) is 1. The second-order valence-corrected chi connectivity index (χ2v) is 7.96. The van der Waals surface area contributed by atoms with Crippen molar-refractivity contribution in [2.75, 3.05) is 18.5 Å². The fourth-order valence-corrected chi connectivity index (χ4v) is 4.15. The van der Waals surface area contributed by atoms with Crippen LogP contribution in [0, 0.1) is 13.8 Å². The molecule has 0 bridgehead atoms. The summed E-state index contributed by atoms with van der Waals surface area (Å²) in [5, 5.41) is 5.33. The van der Waals surface area contributed by atoms with Gasteiger partial charge in [-0.3, -0.25) is 9.48 Å². The van der Waals surface area contributed by atoms with Gasteiger partial charge in [-0.1, -0.05) is 11.6 Å². The molecule has 8 nitrogen and oxygen atoms in total. The van der Waals surface area contributed by atoms with Gasteiger partial charge in [-0.05, 0) is 40.2 Å². The van der Waals surface area contributed by atoms with Crippen LogP contribution in [0.4, 0.5) is 18.2 Å². The number of halogens is 4. The number of alkyl halides is 3. The van der Waals surface area contributed by atoms with Gasteiger partial charge in [0, 0.05) is 0 Å². The van der Waals surface area contributed by atoms with Gasteiger partial charge < -0.3 is 14.8 Å². The average Bonchev–Trinajstić information content (AvgIpc) is 3.18. The van der Waals surface area contributed by atoms with Crippen molar-refractivity contribution in [2.24, 2.45) is 0 Å². The van der Waals surface area contributed by atoms with E-state index >= 15 is 0 Å². The molecule has 2 heterocycles. The molecule has 2 aromatic rings. The van der Waals surface area contributed by atoms with E-state index in [9.17, 15) is 27.6 Å². The Morgan fingerprint density at radius 1 is 1.16 bits per heavy atom. The molecule has 1 N–H and O–H groups in total. The second-order valence-electron chi connectivity index (χ2n) is 6.56. The summed E-state index contributed by atoms with van der Waals surface area (Å²) in [5.74, 6) is -2.22. The monoisotopic (exact) mass is 495 g/mol. The maximum absolute atomic E-state index is 13.1. The number of thiophene rings is 1. The standard InChI is InChI=1S/C19H21ClF3N3O5S/c1-6-30-17(28)11-8(3)13(18(29)31-7-2)32-16(11)24-15(27)10(5)26-9(4)12(20)14(25-26)19(21,22)23/h10H,6-7H2,1-5H3,(H,24,27). The molecular weight excluding hydrogens is 475 g/mol. The molecule has 0 aromatic carbocycles. The van der Waals surface area contributed by atoms with Crippen LogP contribution in [0.3, 0.4) is 0 Å². The SMILES string of the molecule is CCOC(=O)c1sc(NC(=O)C(C)n2nc(C(F)(F)F)c(Cl)c2C)c(C(=O)OCC)c1C. The van der Waals surface area contributed by atoms with E-state index in [0.29, 0.717) is 0 Å². The van der Waals surface area contributed by atoms with Crippen LogP contribution in [-0.2, 0) is 20.4 Å². The fraction of sp³-hybridized carbons (Fsp3) is 0.474. The Morgan fingerprint density at radius 3 is 2.22 bits per heavy atom. The maximum atomic E-state index is 13.1. The van der Waals surface area contributed by atoms with E-state index < -0.39 is 40.8 Å². The van der Waals surface area contributed by atoms with Crippen molar-refractivity contribution >= 4 is 45.8 Å². The first kappa shape index (κ1) is 25.7. The number of esters is 2. The Morgan fingerprint density at radius 2 is 1.72 bits per heavy atom. The highest BCUT2D eigenvalue weighted by molar-refractivity contribution is 7.18. The summed E-state index contributed by atoms with van der Waals surface area (Å²) in [6, 6.07) is -1.22. The highest BCUT2D eigenvalue weighted by Gasteiger charge is 2.39. The Hall–Kier alpha value is -2.60. The number of hydrogen-bond acceptors (Lipinski definition) is 7. The van der Waals surface area contributed by atoms with Crippen molar-refractivity contribution in [1.82, 2.24) is 9.78 Å². The van der Waals surface area contributed by atoms with E-state index in [0.717, 1.165) is 16.0 Å². The molecule has 0 radical (unpaired) electrons. The zero-order chi connectivity index (χ0) is 24.4. The lowest BCUT2D eigenvalue weighted by atomic mass is 10.1. The molecule has 0 saturated heterocycles. The Balaban J connectivity index is 2.43. The predicted octanol–water partition coefficient (Wildman–Crippen LogP) is 4.79. The molecule has 2 aromatic heterocycles. The molecule has 0 aliphatic carbocycles. The highest BCUT2D eigenvalue weighted by Crippen LogP contribution is 2.37. The van der Waals surface area contributed by atoms with E-state index in [1.54, 1.807) is 13.8 Å². The van der Waals surface area contributed by atoms with Crippen LogP contribution in [0.15, 0.2) is 0 Å². The zero-order valence-corrected chi connectivity index (χ0v) is 19.4. The number of carbonyl (C=O) groups is 3. The summed E-state index contributed by atoms with van der Waals surface area (Å²) < 4.78 is 50.1. The average molecular weight is 496 g/mol. The minimum Gasteiger partial charge on any atom is -0.462 e. The molecule has 1 atom stereocenters. The van der Waals surface area contributed by atoms with Crippen LogP contribution >= 0.6 is 22.9 Å². The molecule has 0 fully saturated rings. The minimum atomic E-state index is -4.79. The minimum absolute atomic E-state index is 0.00723. The Kier molecular flexibility index (Phi) is 7.94. The fourth-order valence-electron chi connectivity index (χ4n) is 2.83. The number of nitrogens with one attached hydrogen (secondary N) is 1. The molecule has 0 aliphatic rings. The topological polar surface area (TPSA) is 99.5 Å². The lowest BCUT2D eigenvalue weighted by Crippen LogP contribution is -2.26. The van der Waals surface area contributed by atoms with Crippen molar-refractivity contribution in [2.45, 2.75) is 46.8 Å². The van der Waals surface area contributed by atoms with Gasteiger partial charge in [0.15, 0.2) is 5.69 Å². The predicted molar refractivity (Wildman–Crippen MR) is 111 cm³/mol. The maximum Gasteiger partial charge on any atom is 0.436 e. The van der Waals surface area contributed by atoms with Gasteiger partial charge in [0.25, 0.3) is 0 Å². The quantitative estimate of drug-likeness (QED) is 0.554. The number of rotatable bonds is 7. The van der Waals surface area contributed by atoms with E-state index in [1.807, 2.05) is 0 Å². The van der Waals surface area contributed by atoms with Crippen LogP contribution < -0.4 is 5.32 Å². The van der Waals surface area contributed by atoms with E-state index in [4.69, 9.17) is 21.1 Å². The smallest absolute Gasteiger partial charge is 0.436 e. The number of aromatic nitrogens is 2. The van der Waals surface area contributed by atoms with E-state index in [-0.39, 0.29) is 39.9 Å². The van der Waals surface area contributed by atoms with Gasteiger partial charge in [-0.15, -0.1) is 11.3 Å². The van der Waals surface area contributed by atoms with Crippen LogP contribution in [0.5, 0.6) is 0 Å². The molecule has 0 aliphatic heterocycles. The summed E-state index contributed by atoms with van der Waals surface area (Å²) in [4.78, 5) is 37.6. The summed E-state index contributed by atoms with van der Waals surface area (Å²) >= 11 is 6.56. The lowest BCUT2D eigenvalue weighted by Gasteiger charge is -2.14. The third-order valence-corrected chi connectivity index (χ3v) is 6.06. The molecule has 32 heavy (non-hydrogen) atoms. The van der Waals surface area contributed by atoms with Crippen molar-refractivity contribution in [3.8, 4) is 0 Å². The molecule has 0 saturated carbocycles. The molecule has 2 rings (SSSR count). The number of anilines is 1. The van der Waals surface area contributed by atoms with Gasteiger partial charge in [0.2, 0.25) is 5.91 Å². The lowest BCUT2D eigenvalue weighted by molar-refractivity contribution is -0.141. The Labute approximate surface area is 190 Å². The summed E-state index contributed by atoms with van der Waals surface area (Å²) in [5.41, 5.74) is -1.14. The van der Waals surface area contributed by atoms with Gasteiger partial charge in [0.1, 0.15) is 15.9 Å². The molecule has 1 amide bonds. The Bertz CT molecular complexity index is 1050. The zero-order valence-electron chi connectivity index (χ0n) is 17.8.